The number of hydrogen-bond acceptors (Lipinski definition) is 6. The first-order valence-corrected chi connectivity index (χ1v) is 7.93. The summed E-state index contributed by atoms with van der Waals surface area (Å²) in [7, 11) is 0. The zero-order valence-electron chi connectivity index (χ0n) is 12.8. The molecular formula is C13H22N4O5S. The van der Waals surface area contributed by atoms with Gasteiger partial charge in [0.1, 0.15) is 12.1 Å². The van der Waals surface area contributed by atoms with Crippen LogP contribution in [0.1, 0.15) is 19.8 Å². The Bertz CT molecular complexity index is 467. The lowest BCUT2D eigenvalue weighted by Gasteiger charge is -2.17. The molecule has 0 aromatic rings. The molecule has 0 saturated carbocycles. The maximum absolute atomic E-state index is 11.9. The molecule has 5 N–H and O–H groups in total. The molecule has 130 valence electrons. The molecule has 1 aliphatic heterocycles. The number of carbonyl (C=O) groups excluding carboxylic acids is 3. The Labute approximate surface area is 139 Å². The topological polar surface area (TPSA) is 137 Å². The average molecular weight is 346 g/mol. The second-order valence-corrected chi connectivity index (χ2v) is 5.60. The second kappa shape index (κ2) is 9.36. The van der Waals surface area contributed by atoms with Crippen LogP contribution in [0.2, 0.25) is 0 Å². The molecule has 0 aliphatic carbocycles. The van der Waals surface area contributed by atoms with E-state index >= 15 is 0 Å². The number of carboxylic acids is 1. The SMILES string of the molecule is CC(NC(=O)C1CCCN1)C(=O)NCC(=O)NC(CS)C(=O)O. The molecule has 23 heavy (non-hydrogen) atoms. The van der Waals surface area contributed by atoms with Crippen molar-refractivity contribution in [2.45, 2.75) is 37.9 Å². The fourth-order valence-corrected chi connectivity index (χ4v) is 2.29. The van der Waals surface area contributed by atoms with E-state index in [-0.39, 0.29) is 24.2 Å². The van der Waals surface area contributed by atoms with Gasteiger partial charge in [-0.3, -0.25) is 14.4 Å². The van der Waals surface area contributed by atoms with E-state index in [1.54, 1.807) is 0 Å². The Morgan fingerprint density at radius 2 is 2.00 bits per heavy atom. The summed E-state index contributed by atoms with van der Waals surface area (Å²) in [5.41, 5.74) is 0. The average Bonchev–Trinajstić information content (AvgIpc) is 3.04. The van der Waals surface area contributed by atoms with Crippen molar-refractivity contribution in [2.24, 2.45) is 0 Å². The smallest absolute Gasteiger partial charge is 0.327 e. The summed E-state index contributed by atoms with van der Waals surface area (Å²) < 4.78 is 0. The Morgan fingerprint density at radius 1 is 1.30 bits per heavy atom. The fraction of sp³-hybridized carbons (Fsp3) is 0.692. The molecule has 1 fully saturated rings. The first kappa shape index (κ1) is 19.2. The highest BCUT2D eigenvalue weighted by atomic mass is 32.1. The summed E-state index contributed by atoms with van der Waals surface area (Å²) in [6.45, 7) is 1.90. The summed E-state index contributed by atoms with van der Waals surface area (Å²) in [6.07, 6.45) is 1.64. The number of rotatable bonds is 8. The van der Waals surface area contributed by atoms with Crippen LogP contribution in [0.3, 0.4) is 0 Å². The molecule has 1 aliphatic rings. The van der Waals surface area contributed by atoms with Gasteiger partial charge in [0.2, 0.25) is 17.7 Å². The van der Waals surface area contributed by atoms with Crippen molar-refractivity contribution >= 4 is 36.3 Å². The summed E-state index contributed by atoms with van der Waals surface area (Å²) in [5.74, 6) is -2.68. The number of thiol groups is 1. The van der Waals surface area contributed by atoms with E-state index < -0.39 is 29.9 Å². The maximum atomic E-state index is 11.9. The summed E-state index contributed by atoms with van der Waals surface area (Å²) in [5, 5.41) is 18.9. The summed E-state index contributed by atoms with van der Waals surface area (Å²) in [4.78, 5) is 46.0. The highest BCUT2D eigenvalue weighted by Crippen LogP contribution is 2.04. The van der Waals surface area contributed by atoms with Gasteiger partial charge in [-0.2, -0.15) is 12.6 Å². The molecule has 1 rings (SSSR count). The van der Waals surface area contributed by atoms with E-state index in [2.05, 4.69) is 33.9 Å². The molecule has 0 aromatic carbocycles. The first-order valence-electron chi connectivity index (χ1n) is 7.29. The number of carboxylic acid groups (broad SMARTS) is 1. The molecule has 3 atom stereocenters. The lowest BCUT2D eigenvalue weighted by atomic mass is 10.2. The van der Waals surface area contributed by atoms with Crippen LogP contribution in [0.4, 0.5) is 0 Å². The number of carbonyl (C=O) groups is 4. The zero-order valence-corrected chi connectivity index (χ0v) is 13.7. The Morgan fingerprint density at radius 3 is 2.52 bits per heavy atom. The molecule has 9 nitrogen and oxygen atoms in total. The monoisotopic (exact) mass is 346 g/mol. The molecule has 10 heteroatoms. The van der Waals surface area contributed by atoms with Gasteiger partial charge in [-0.25, -0.2) is 4.79 Å². The predicted molar refractivity (Wildman–Crippen MR) is 85.1 cm³/mol. The van der Waals surface area contributed by atoms with Crippen LogP contribution in [0.5, 0.6) is 0 Å². The quantitative estimate of drug-likeness (QED) is 0.278. The van der Waals surface area contributed by atoms with Gasteiger partial charge < -0.3 is 26.4 Å². The Kier molecular flexibility index (Phi) is 7.83. The third-order valence-electron chi connectivity index (χ3n) is 3.37. The highest BCUT2D eigenvalue weighted by molar-refractivity contribution is 7.80. The van der Waals surface area contributed by atoms with E-state index in [9.17, 15) is 19.2 Å². The molecule has 3 unspecified atom stereocenters. The van der Waals surface area contributed by atoms with Crippen molar-refractivity contribution in [3.05, 3.63) is 0 Å². The first-order chi connectivity index (χ1) is 10.8. The van der Waals surface area contributed by atoms with E-state index in [1.807, 2.05) is 0 Å². The van der Waals surface area contributed by atoms with Crippen LogP contribution in [-0.2, 0) is 19.2 Å². The van der Waals surface area contributed by atoms with Crippen LogP contribution in [0.25, 0.3) is 0 Å². The van der Waals surface area contributed by atoms with Crippen LogP contribution in [0.15, 0.2) is 0 Å². The van der Waals surface area contributed by atoms with Crippen molar-refractivity contribution in [1.29, 1.82) is 0 Å². The van der Waals surface area contributed by atoms with Gasteiger partial charge in [0, 0.05) is 5.75 Å². The van der Waals surface area contributed by atoms with Crippen molar-refractivity contribution in [2.75, 3.05) is 18.8 Å². The normalized spacial score (nSPS) is 19.5. The zero-order chi connectivity index (χ0) is 17.4. The second-order valence-electron chi connectivity index (χ2n) is 5.24. The van der Waals surface area contributed by atoms with Gasteiger partial charge in [0.15, 0.2) is 0 Å². The van der Waals surface area contributed by atoms with Gasteiger partial charge >= 0.3 is 5.97 Å². The van der Waals surface area contributed by atoms with Crippen molar-refractivity contribution in [3.63, 3.8) is 0 Å². The third kappa shape index (κ3) is 6.45. The van der Waals surface area contributed by atoms with Crippen molar-refractivity contribution in [3.8, 4) is 0 Å². The standard InChI is InChI=1S/C13H22N4O5S/c1-7(16-12(20)8-3-2-4-14-8)11(19)15-5-10(18)17-9(6-23)13(21)22/h7-9,14,23H,2-6H2,1H3,(H,15,19)(H,16,20)(H,17,18)(H,21,22). The number of hydrogen-bond donors (Lipinski definition) is 6. The number of nitrogens with one attached hydrogen (secondary N) is 4. The minimum absolute atomic E-state index is 0.0597. The largest absolute Gasteiger partial charge is 0.480 e. The van der Waals surface area contributed by atoms with Crippen LogP contribution in [0, 0.1) is 0 Å². The van der Waals surface area contributed by atoms with Gasteiger partial charge in [-0.1, -0.05) is 0 Å². The number of aliphatic carboxylic acids is 1. The van der Waals surface area contributed by atoms with Crippen LogP contribution in [-0.4, -0.2) is 65.8 Å². The van der Waals surface area contributed by atoms with Gasteiger partial charge in [-0.05, 0) is 26.3 Å². The Balaban J connectivity index is 2.32. The highest BCUT2D eigenvalue weighted by Gasteiger charge is 2.25. The van der Waals surface area contributed by atoms with E-state index in [0.717, 1.165) is 19.4 Å². The van der Waals surface area contributed by atoms with Crippen LogP contribution >= 0.6 is 12.6 Å². The molecule has 1 heterocycles. The Hall–Kier alpha value is -1.81. The third-order valence-corrected chi connectivity index (χ3v) is 3.73. The van der Waals surface area contributed by atoms with E-state index in [4.69, 9.17) is 5.11 Å². The minimum Gasteiger partial charge on any atom is -0.480 e. The summed E-state index contributed by atoms with van der Waals surface area (Å²) >= 11 is 3.81. The lowest BCUT2D eigenvalue weighted by Crippen LogP contribution is -2.52. The van der Waals surface area contributed by atoms with Gasteiger partial charge in [0.05, 0.1) is 12.6 Å². The lowest BCUT2D eigenvalue weighted by molar-refractivity contribution is -0.141. The van der Waals surface area contributed by atoms with E-state index in [1.165, 1.54) is 6.92 Å². The number of amides is 3. The summed E-state index contributed by atoms with van der Waals surface area (Å²) in [6, 6.07) is -2.20. The molecule has 1 saturated heterocycles. The maximum Gasteiger partial charge on any atom is 0.327 e. The van der Waals surface area contributed by atoms with Gasteiger partial charge in [-0.15, -0.1) is 0 Å². The van der Waals surface area contributed by atoms with Crippen molar-refractivity contribution < 1.29 is 24.3 Å². The van der Waals surface area contributed by atoms with Crippen LogP contribution < -0.4 is 21.3 Å². The van der Waals surface area contributed by atoms with Crippen molar-refractivity contribution in [1.82, 2.24) is 21.3 Å². The fourth-order valence-electron chi connectivity index (χ4n) is 2.04. The molecule has 0 radical (unpaired) electrons. The van der Waals surface area contributed by atoms with Gasteiger partial charge in [0.25, 0.3) is 0 Å². The molecule has 0 spiro atoms. The van der Waals surface area contributed by atoms with E-state index in [0.29, 0.717) is 0 Å². The molecule has 3 amide bonds. The predicted octanol–water partition coefficient (Wildman–Crippen LogP) is -2.14. The minimum atomic E-state index is -1.20. The molecule has 0 aromatic heterocycles. The molecule has 0 bridgehead atoms. The molecular weight excluding hydrogens is 324 g/mol.